The number of nitrogens with zero attached hydrogens (tertiary/aromatic N) is 1. The maximum atomic E-state index is 12.0. The number of aromatic hydroxyl groups is 1. The van der Waals surface area contributed by atoms with E-state index in [2.05, 4.69) is 4.98 Å². The van der Waals surface area contributed by atoms with Crippen molar-refractivity contribution in [3.05, 3.63) is 48.2 Å². The van der Waals surface area contributed by atoms with Gasteiger partial charge in [0.1, 0.15) is 11.4 Å². The van der Waals surface area contributed by atoms with Crippen LogP contribution in [-0.2, 0) is 4.74 Å². The second-order valence-electron chi connectivity index (χ2n) is 5.48. The molecule has 0 unspecified atom stereocenters. The van der Waals surface area contributed by atoms with E-state index in [1.807, 2.05) is 26.8 Å². The van der Waals surface area contributed by atoms with Crippen molar-refractivity contribution in [2.24, 2.45) is 0 Å². The summed E-state index contributed by atoms with van der Waals surface area (Å²) in [6, 6.07) is 10.00. The molecule has 0 radical (unpaired) electrons. The number of benzene rings is 1. The Labute approximate surface area is 118 Å². The number of phenols is 1. The molecular weight excluding hydrogens is 254 g/mol. The van der Waals surface area contributed by atoms with E-state index in [-0.39, 0.29) is 11.7 Å². The van der Waals surface area contributed by atoms with Gasteiger partial charge in [0.05, 0.1) is 11.3 Å². The molecule has 4 heteroatoms. The summed E-state index contributed by atoms with van der Waals surface area (Å²) >= 11 is 0. The van der Waals surface area contributed by atoms with Gasteiger partial charge in [-0.25, -0.2) is 4.79 Å². The predicted octanol–water partition coefficient (Wildman–Crippen LogP) is 3.41. The van der Waals surface area contributed by atoms with Gasteiger partial charge >= 0.3 is 5.97 Å². The van der Waals surface area contributed by atoms with Crippen LogP contribution in [0.4, 0.5) is 0 Å². The lowest BCUT2D eigenvalue weighted by atomic mass is 10.1. The van der Waals surface area contributed by atoms with Crippen LogP contribution < -0.4 is 0 Å². The van der Waals surface area contributed by atoms with Gasteiger partial charge in [-0.1, -0.05) is 12.1 Å². The van der Waals surface area contributed by atoms with Crippen molar-refractivity contribution in [2.45, 2.75) is 26.4 Å². The molecular formula is C16H17NO3. The molecule has 0 amide bonds. The van der Waals surface area contributed by atoms with Crippen LogP contribution in [0.1, 0.15) is 31.1 Å². The molecule has 0 saturated carbocycles. The van der Waals surface area contributed by atoms with Crippen LogP contribution in [0.3, 0.4) is 0 Å². The summed E-state index contributed by atoms with van der Waals surface area (Å²) in [5, 5.41) is 9.49. The minimum atomic E-state index is -0.536. The third-order valence-corrected chi connectivity index (χ3v) is 2.54. The lowest BCUT2D eigenvalue weighted by Crippen LogP contribution is -2.23. The Hall–Kier alpha value is -2.36. The minimum absolute atomic E-state index is 0.159. The van der Waals surface area contributed by atoms with Crippen molar-refractivity contribution in [3.8, 4) is 17.0 Å². The van der Waals surface area contributed by atoms with E-state index in [0.29, 0.717) is 11.3 Å². The zero-order valence-electron chi connectivity index (χ0n) is 11.8. The number of carbonyl (C=O) groups is 1. The molecule has 104 valence electrons. The van der Waals surface area contributed by atoms with Gasteiger partial charge in [-0.2, -0.15) is 0 Å². The summed E-state index contributed by atoms with van der Waals surface area (Å²) in [6.07, 6.45) is 1.55. The van der Waals surface area contributed by atoms with Crippen LogP contribution in [0.5, 0.6) is 5.75 Å². The second kappa shape index (κ2) is 5.33. The van der Waals surface area contributed by atoms with Gasteiger partial charge in [0.25, 0.3) is 0 Å². The first-order valence-corrected chi connectivity index (χ1v) is 6.34. The zero-order valence-corrected chi connectivity index (χ0v) is 11.8. The summed E-state index contributed by atoms with van der Waals surface area (Å²) in [6.45, 7) is 5.46. The van der Waals surface area contributed by atoms with E-state index in [1.54, 1.807) is 36.5 Å². The quantitative estimate of drug-likeness (QED) is 0.850. The molecule has 0 aliphatic carbocycles. The maximum absolute atomic E-state index is 12.0. The Bertz CT molecular complexity index is 630. The van der Waals surface area contributed by atoms with Gasteiger partial charge in [-0.3, -0.25) is 4.98 Å². The summed E-state index contributed by atoms with van der Waals surface area (Å²) in [7, 11) is 0. The molecule has 2 aromatic rings. The largest absolute Gasteiger partial charge is 0.508 e. The molecule has 1 aromatic carbocycles. The fourth-order valence-electron chi connectivity index (χ4n) is 1.72. The fourth-order valence-corrected chi connectivity index (χ4v) is 1.72. The first-order chi connectivity index (χ1) is 9.35. The summed E-state index contributed by atoms with van der Waals surface area (Å²) < 4.78 is 5.32. The molecule has 0 atom stereocenters. The number of pyridine rings is 1. The number of hydrogen-bond acceptors (Lipinski definition) is 4. The third kappa shape index (κ3) is 3.57. The van der Waals surface area contributed by atoms with E-state index in [4.69, 9.17) is 4.74 Å². The van der Waals surface area contributed by atoms with Crippen LogP contribution in [0.2, 0.25) is 0 Å². The average molecular weight is 271 g/mol. The van der Waals surface area contributed by atoms with Crippen LogP contribution >= 0.6 is 0 Å². The van der Waals surface area contributed by atoms with Gasteiger partial charge in [0.15, 0.2) is 0 Å². The number of aromatic nitrogens is 1. The van der Waals surface area contributed by atoms with Crippen LogP contribution in [0, 0.1) is 0 Å². The third-order valence-electron chi connectivity index (χ3n) is 2.54. The first kappa shape index (κ1) is 14.1. The normalized spacial score (nSPS) is 11.2. The molecule has 0 aliphatic heterocycles. The molecule has 1 aromatic heterocycles. The molecule has 0 aliphatic rings. The van der Waals surface area contributed by atoms with E-state index in [1.165, 1.54) is 0 Å². The Balaban J connectivity index is 2.31. The number of rotatable bonds is 2. The van der Waals surface area contributed by atoms with Gasteiger partial charge in [-0.05, 0) is 45.0 Å². The SMILES string of the molecule is CC(C)(C)OC(=O)c1ccnc(-c2cccc(O)c2)c1. The second-order valence-corrected chi connectivity index (χ2v) is 5.48. The lowest BCUT2D eigenvalue weighted by molar-refractivity contribution is 0.00694. The maximum Gasteiger partial charge on any atom is 0.338 e. The van der Waals surface area contributed by atoms with Crippen molar-refractivity contribution < 1.29 is 14.6 Å². The number of phenolic OH excluding ortho intramolecular Hbond substituents is 1. The predicted molar refractivity (Wildman–Crippen MR) is 76.5 cm³/mol. The van der Waals surface area contributed by atoms with Crippen LogP contribution in [0.15, 0.2) is 42.6 Å². The van der Waals surface area contributed by atoms with Gasteiger partial charge in [-0.15, -0.1) is 0 Å². The molecule has 1 N–H and O–H groups in total. The highest BCUT2D eigenvalue weighted by Crippen LogP contribution is 2.22. The van der Waals surface area contributed by atoms with Gasteiger partial charge in [0, 0.05) is 11.8 Å². The minimum Gasteiger partial charge on any atom is -0.508 e. The van der Waals surface area contributed by atoms with Crippen LogP contribution in [-0.4, -0.2) is 21.7 Å². The Morgan fingerprint density at radius 3 is 2.60 bits per heavy atom. The fraction of sp³-hybridized carbons (Fsp3) is 0.250. The van der Waals surface area contributed by atoms with Gasteiger partial charge in [0.2, 0.25) is 0 Å². The Kier molecular flexibility index (Phi) is 3.74. The van der Waals surface area contributed by atoms with Crippen molar-refractivity contribution in [3.63, 3.8) is 0 Å². The van der Waals surface area contributed by atoms with Crippen molar-refractivity contribution in [2.75, 3.05) is 0 Å². The standard InChI is InChI=1S/C16H17NO3/c1-16(2,3)20-15(19)12-7-8-17-14(10-12)11-5-4-6-13(18)9-11/h4-10,18H,1-3H3. The molecule has 0 spiro atoms. The highest BCUT2D eigenvalue weighted by molar-refractivity contribution is 5.90. The lowest BCUT2D eigenvalue weighted by Gasteiger charge is -2.19. The Morgan fingerprint density at radius 2 is 1.95 bits per heavy atom. The van der Waals surface area contributed by atoms with Crippen LogP contribution in [0.25, 0.3) is 11.3 Å². The molecule has 0 bridgehead atoms. The Morgan fingerprint density at radius 1 is 1.20 bits per heavy atom. The summed E-state index contributed by atoms with van der Waals surface area (Å²) in [4.78, 5) is 16.2. The number of esters is 1. The highest BCUT2D eigenvalue weighted by Gasteiger charge is 2.18. The first-order valence-electron chi connectivity index (χ1n) is 6.34. The zero-order chi connectivity index (χ0) is 14.8. The molecule has 4 nitrogen and oxygen atoms in total. The highest BCUT2D eigenvalue weighted by atomic mass is 16.6. The molecule has 0 saturated heterocycles. The number of hydrogen-bond donors (Lipinski definition) is 1. The summed E-state index contributed by atoms with van der Waals surface area (Å²) in [5.41, 5.74) is 1.26. The van der Waals surface area contributed by atoms with Gasteiger partial charge < -0.3 is 9.84 Å². The smallest absolute Gasteiger partial charge is 0.338 e. The van der Waals surface area contributed by atoms with E-state index in [0.717, 1.165) is 5.56 Å². The van der Waals surface area contributed by atoms with Crippen molar-refractivity contribution in [1.29, 1.82) is 0 Å². The van der Waals surface area contributed by atoms with E-state index >= 15 is 0 Å². The molecule has 1 heterocycles. The van der Waals surface area contributed by atoms with E-state index in [9.17, 15) is 9.90 Å². The average Bonchev–Trinajstić information content (AvgIpc) is 2.37. The van der Waals surface area contributed by atoms with E-state index < -0.39 is 5.60 Å². The van der Waals surface area contributed by atoms with Crippen molar-refractivity contribution in [1.82, 2.24) is 4.98 Å². The monoisotopic (exact) mass is 271 g/mol. The number of carbonyl (C=O) groups excluding carboxylic acids is 1. The molecule has 2 rings (SSSR count). The molecule has 0 fully saturated rings. The van der Waals surface area contributed by atoms with Crippen molar-refractivity contribution >= 4 is 5.97 Å². The summed E-state index contributed by atoms with van der Waals surface area (Å²) in [5.74, 6) is -0.228. The number of ether oxygens (including phenoxy) is 1. The topological polar surface area (TPSA) is 59.4 Å². The molecule has 20 heavy (non-hydrogen) atoms.